The molecule has 0 bridgehead atoms. The van der Waals surface area contributed by atoms with Gasteiger partial charge in [0.05, 0.1) is 0 Å². The average molecular weight is 273 g/mol. The summed E-state index contributed by atoms with van der Waals surface area (Å²) >= 11 is 0. The van der Waals surface area contributed by atoms with Crippen LogP contribution >= 0.6 is 0 Å². The quantitative estimate of drug-likeness (QED) is 0.790. The number of Topliss-reactive ketones (excluding diaryl/α,β-unsaturated/α-hetero) is 1. The molecule has 2 nitrogen and oxygen atoms in total. The Balaban J connectivity index is 2.19. The largest absolute Gasteiger partial charge is 0.301 e. The van der Waals surface area contributed by atoms with Gasteiger partial charge in [-0.2, -0.15) is 0 Å². The summed E-state index contributed by atoms with van der Waals surface area (Å²) in [6.07, 6.45) is 7.44. The van der Waals surface area contributed by atoms with E-state index in [0.29, 0.717) is 12.2 Å². The van der Waals surface area contributed by atoms with Crippen molar-refractivity contribution >= 4 is 5.78 Å². The van der Waals surface area contributed by atoms with Gasteiger partial charge in [0.1, 0.15) is 5.54 Å². The lowest BCUT2D eigenvalue weighted by atomic mass is 9.75. The summed E-state index contributed by atoms with van der Waals surface area (Å²) in [6.45, 7) is 5.24. The first kappa shape index (κ1) is 15.2. The van der Waals surface area contributed by atoms with Gasteiger partial charge in [-0.1, -0.05) is 56.0 Å². The van der Waals surface area contributed by atoms with Crippen LogP contribution in [0.25, 0.3) is 0 Å². The fourth-order valence-corrected chi connectivity index (χ4v) is 3.14. The van der Waals surface area contributed by atoms with E-state index in [9.17, 15) is 4.79 Å². The average Bonchev–Trinajstić information content (AvgIpc) is 2.46. The first-order valence-electron chi connectivity index (χ1n) is 8.04. The van der Waals surface area contributed by atoms with Gasteiger partial charge in [-0.15, -0.1) is 0 Å². The molecule has 0 amide bonds. The standard InChI is InChI=1S/C18H27NO/c1-3-4-7-14-19-18(13-6-5-8-17(18)20)16-11-9-15(2)10-12-16/h9-12,19H,3-8,13-14H2,1-2H3. The molecule has 1 unspecified atom stereocenters. The highest BCUT2D eigenvalue weighted by Gasteiger charge is 2.40. The maximum atomic E-state index is 12.6. The van der Waals surface area contributed by atoms with Crippen molar-refractivity contribution in [1.82, 2.24) is 5.32 Å². The number of hydrogen-bond donors (Lipinski definition) is 1. The lowest BCUT2D eigenvalue weighted by Gasteiger charge is -2.37. The summed E-state index contributed by atoms with van der Waals surface area (Å²) in [5.74, 6) is 0.379. The molecule has 1 saturated carbocycles. The molecule has 2 heteroatoms. The van der Waals surface area contributed by atoms with Gasteiger partial charge in [0.2, 0.25) is 0 Å². The van der Waals surface area contributed by atoms with Crippen LogP contribution in [-0.2, 0) is 10.3 Å². The summed E-state index contributed by atoms with van der Waals surface area (Å²) in [4.78, 5) is 12.6. The molecule has 1 fully saturated rings. The van der Waals surface area contributed by atoms with E-state index in [4.69, 9.17) is 0 Å². The molecule has 110 valence electrons. The first-order valence-corrected chi connectivity index (χ1v) is 8.04. The molecule has 1 aliphatic carbocycles. The predicted octanol–water partition coefficient (Wildman–Crippen LogP) is 4.11. The van der Waals surface area contributed by atoms with E-state index >= 15 is 0 Å². The Hall–Kier alpha value is -1.15. The van der Waals surface area contributed by atoms with E-state index in [1.54, 1.807) is 0 Å². The number of ketones is 1. The highest BCUT2D eigenvalue weighted by Crippen LogP contribution is 2.34. The highest BCUT2D eigenvalue weighted by atomic mass is 16.1. The zero-order chi connectivity index (χ0) is 14.4. The molecule has 0 saturated heterocycles. The van der Waals surface area contributed by atoms with E-state index in [1.807, 2.05) is 0 Å². The second kappa shape index (κ2) is 7.03. The number of unbranched alkanes of at least 4 members (excludes halogenated alkanes) is 2. The number of benzene rings is 1. The van der Waals surface area contributed by atoms with E-state index in [1.165, 1.54) is 18.4 Å². The van der Waals surface area contributed by atoms with Crippen LogP contribution in [-0.4, -0.2) is 12.3 Å². The van der Waals surface area contributed by atoms with Gasteiger partial charge in [-0.05, 0) is 38.3 Å². The van der Waals surface area contributed by atoms with E-state index in [0.717, 1.165) is 37.8 Å². The molecule has 1 aromatic carbocycles. The fraction of sp³-hybridized carbons (Fsp3) is 0.611. The molecule has 2 rings (SSSR count). The highest BCUT2D eigenvalue weighted by molar-refractivity contribution is 5.90. The Morgan fingerprint density at radius 1 is 1.15 bits per heavy atom. The van der Waals surface area contributed by atoms with Gasteiger partial charge in [0.25, 0.3) is 0 Å². The second-order valence-corrected chi connectivity index (χ2v) is 6.04. The molecular weight excluding hydrogens is 246 g/mol. The van der Waals surface area contributed by atoms with Gasteiger partial charge < -0.3 is 5.32 Å². The molecule has 0 heterocycles. The summed E-state index contributed by atoms with van der Waals surface area (Å²) in [7, 11) is 0. The van der Waals surface area contributed by atoms with Crippen LogP contribution in [0, 0.1) is 6.92 Å². The van der Waals surface area contributed by atoms with E-state index in [-0.39, 0.29) is 0 Å². The number of hydrogen-bond acceptors (Lipinski definition) is 2. The third kappa shape index (κ3) is 3.29. The van der Waals surface area contributed by atoms with Crippen molar-refractivity contribution in [2.45, 2.75) is 64.3 Å². The number of carbonyl (C=O) groups is 1. The molecule has 20 heavy (non-hydrogen) atoms. The molecule has 0 aliphatic heterocycles. The molecule has 1 N–H and O–H groups in total. The Morgan fingerprint density at radius 3 is 2.55 bits per heavy atom. The third-order valence-corrected chi connectivity index (χ3v) is 4.43. The third-order valence-electron chi connectivity index (χ3n) is 4.43. The van der Waals surface area contributed by atoms with Gasteiger partial charge in [0, 0.05) is 6.42 Å². The van der Waals surface area contributed by atoms with Crippen LogP contribution in [0.3, 0.4) is 0 Å². The van der Waals surface area contributed by atoms with Crippen molar-refractivity contribution in [2.75, 3.05) is 6.54 Å². The van der Waals surface area contributed by atoms with Crippen molar-refractivity contribution < 1.29 is 4.79 Å². The van der Waals surface area contributed by atoms with Crippen LogP contribution in [0.1, 0.15) is 63.0 Å². The smallest absolute Gasteiger partial charge is 0.157 e. The summed E-state index contributed by atoms with van der Waals surface area (Å²) in [5, 5.41) is 3.61. The van der Waals surface area contributed by atoms with Crippen LogP contribution in [0.15, 0.2) is 24.3 Å². The Morgan fingerprint density at radius 2 is 1.90 bits per heavy atom. The topological polar surface area (TPSA) is 29.1 Å². The molecule has 0 radical (unpaired) electrons. The second-order valence-electron chi connectivity index (χ2n) is 6.04. The Bertz CT molecular complexity index is 437. The SMILES string of the molecule is CCCCCNC1(c2ccc(C)cc2)CCCCC1=O. The fourth-order valence-electron chi connectivity index (χ4n) is 3.14. The van der Waals surface area contributed by atoms with Crippen LogP contribution in [0.2, 0.25) is 0 Å². The van der Waals surface area contributed by atoms with Crippen molar-refractivity contribution in [1.29, 1.82) is 0 Å². The minimum absolute atomic E-state index is 0.379. The van der Waals surface area contributed by atoms with E-state index < -0.39 is 5.54 Å². The van der Waals surface area contributed by atoms with Crippen molar-refractivity contribution in [2.24, 2.45) is 0 Å². The summed E-state index contributed by atoms with van der Waals surface area (Å²) in [6, 6.07) is 8.50. The minimum atomic E-state index is -0.417. The van der Waals surface area contributed by atoms with E-state index in [2.05, 4.69) is 43.4 Å². The summed E-state index contributed by atoms with van der Waals surface area (Å²) in [5.41, 5.74) is 1.99. The van der Waals surface area contributed by atoms with Gasteiger partial charge in [-0.25, -0.2) is 0 Å². The predicted molar refractivity (Wildman–Crippen MR) is 83.9 cm³/mol. The van der Waals surface area contributed by atoms with Crippen LogP contribution in [0.5, 0.6) is 0 Å². The molecule has 1 atom stereocenters. The lowest BCUT2D eigenvalue weighted by Crippen LogP contribution is -2.51. The normalized spacial score (nSPS) is 23.0. The van der Waals surface area contributed by atoms with Gasteiger partial charge >= 0.3 is 0 Å². The number of carbonyl (C=O) groups excluding carboxylic acids is 1. The molecule has 1 aromatic rings. The van der Waals surface area contributed by atoms with Crippen molar-refractivity contribution in [3.8, 4) is 0 Å². The number of nitrogens with one attached hydrogen (secondary N) is 1. The van der Waals surface area contributed by atoms with Crippen molar-refractivity contribution in [3.05, 3.63) is 35.4 Å². The molecule has 1 aliphatic rings. The Kier molecular flexibility index (Phi) is 5.36. The first-order chi connectivity index (χ1) is 9.69. The maximum Gasteiger partial charge on any atom is 0.157 e. The van der Waals surface area contributed by atoms with Gasteiger partial charge in [-0.3, -0.25) is 4.79 Å². The summed E-state index contributed by atoms with van der Waals surface area (Å²) < 4.78 is 0. The number of rotatable bonds is 6. The zero-order valence-corrected chi connectivity index (χ0v) is 12.9. The zero-order valence-electron chi connectivity index (χ0n) is 12.9. The van der Waals surface area contributed by atoms with Crippen molar-refractivity contribution in [3.63, 3.8) is 0 Å². The molecule has 0 aromatic heterocycles. The lowest BCUT2D eigenvalue weighted by molar-refractivity contribution is -0.128. The Labute approximate surface area is 123 Å². The number of aryl methyl sites for hydroxylation is 1. The van der Waals surface area contributed by atoms with Gasteiger partial charge in [0.15, 0.2) is 5.78 Å². The van der Waals surface area contributed by atoms with Crippen LogP contribution < -0.4 is 5.32 Å². The minimum Gasteiger partial charge on any atom is -0.301 e. The molecule has 0 spiro atoms. The van der Waals surface area contributed by atoms with Crippen LogP contribution in [0.4, 0.5) is 0 Å². The molecular formula is C18H27NO. The monoisotopic (exact) mass is 273 g/mol. The maximum absolute atomic E-state index is 12.6.